The van der Waals surface area contributed by atoms with E-state index < -0.39 is 0 Å². The van der Waals surface area contributed by atoms with Crippen LogP contribution in [0.1, 0.15) is 41.8 Å². The Labute approximate surface area is 249 Å². The molecule has 0 aliphatic heterocycles. The summed E-state index contributed by atoms with van der Waals surface area (Å²) < 4.78 is 14.7. The number of pyridine rings is 1. The van der Waals surface area contributed by atoms with Gasteiger partial charge in [-0.3, -0.25) is 4.79 Å². The SMILES string of the molecule is Cc1cc(-c2cc(C(=O)Nc3ccc4oc(-c5cccc6c(Br)cccc56)nc4c3)c3cnn(C(C)C)c3n2)c(C)o1. The zero-order valence-corrected chi connectivity index (χ0v) is 25.0. The van der Waals surface area contributed by atoms with Gasteiger partial charge in [0.1, 0.15) is 17.0 Å². The number of furan rings is 1. The predicted octanol–water partition coefficient (Wildman–Crippen LogP) is 8.87. The smallest absolute Gasteiger partial charge is 0.256 e. The van der Waals surface area contributed by atoms with Gasteiger partial charge >= 0.3 is 0 Å². The minimum Gasteiger partial charge on any atom is -0.466 e. The molecule has 0 aliphatic rings. The summed E-state index contributed by atoms with van der Waals surface area (Å²) in [7, 11) is 0. The molecule has 0 spiro atoms. The molecule has 208 valence electrons. The summed E-state index contributed by atoms with van der Waals surface area (Å²) in [6.45, 7) is 7.86. The summed E-state index contributed by atoms with van der Waals surface area (Å²) in [5, 5.41) is 10.4. The Bertz CT molecular complexity index is 2170. The third kappa shape index (κ3) is 4.37. The molecule has 0 aliphatic carbocycles. The molecule has 4 heterocycles. The van der Waals surface area contributed by atoms with Crippen molar-refractivity contribution in [1.29, 1.82) is 0 Å². The zero-order valence-electron chi connectivity index (χ0n) is 23.4. The van der Waals surface area contributed by atoms with E-state index in [-0.39, 0.29) is 11.9 Å². The number of benzene rings is 3. The Kier molecular flexibility index (Phi) is 6.20. The van der Waals surface area contributed by atoms with Gasteiger partial charge in [0, 0.05) is 27.3 Å². The molecule has 0 unspecified atom stereocenters. The summed E-state index contributed by atoms with van der Waals surface area (Å²) in [5.41, 5.74) is 5.40. The van der Waals surface area contributed by atoms with Crippen molar-refractivity contribution in [2.24, 2.45) is 0 Å². The fourth-order valence-corrected chi connectivity index (χ4v) is 5.88. The van der Waals surface area contributed by atoms with Gasteiger partial charge in [-0.1, -0.05) is 40.2 Å². The van der Waals surface area contributed by atoms with Crippen molar-refractivity contribution in [3.8, 4) is 22.7 Å². The van der Waals surface area contributed by atoms with Gasteiger partial charge in [-0.15, -0.1) is 0 Å². The first-order valence-electron chi connectivity index (χ1n) is 13.6. The van der Waals surface area contributed by atoms with Crippen LogP contribution in [0, 0.1) is 13.8 Å². The first kappa shape index (κ1) is 26.2. The maximum absolute atomic E-state index is 13.8. The molecule has 0 fully saturated rings. The standard InChI is InChI=1S/C33H26BrN5O3/c1-17(2)39-31-26(16-35-39)25(15-28(37-31)24-13-18(3)41-19(24)4)32(40)36-20-11-12-30-29(14-20)38-33(42-30)23-9-5-8-22-21(23)7-6-10-27(22)34/h5-17H,1-4H3,(H,36,40). The molecule has 0 saturated carbocycles. The number of anilines is 1. The maximum atomic E-state index is 13.8. The molecule has 7 rings (SSSR count). The van der Waals surface area contributed by atoms with Crippen LogP contribution < -0.4 is 5.32 Å². The predicted molar refractivity (Wildman–Crippen MR) is 168 cm³/mol. The topological polar surface area (TPSA) is 99.0 Å². The molecule has 0 radical (unpaired) electrons. The highest BCUT2D eigenvalue weighted by Gasteiger charge is 2.21. The van der Waals surface area contributed by atoms with Gasteiger partial charge in [-0.05, 0) is 80.9 Å². The van der Waals surface area contributed by atoms with Crippen LogP contribution in [-0.2, 0) is 0 Å². The second-order valence-corrected chi connectivity index (χ2v) is 11.5. The number of aryl methyl sites for hydroxylation is 2. The Morgan fingerprint density at radius 1 is 0.905 bits per heavy atom. The van der Waals surface area contributed by atoms with E-state index in [1.165, 1.54) is 0 Å². The molecular weight excluding hydrogens is 594 g/mol. The number of nitrogens with zero attached hydrogens (tertiary/aromatic N) is 4. The van der Waals surface area contributed by atoms with E-state index in [9.17, 15) is 4.79 Å². The molecule has 4 aromatic heterocycles. The second-order valence-electron chi connectivity index (χ2n) is 10.6. The highest BCUT2D eigenvalue weighted by molar-refractivity contribution is 9.10. The van der Waals surface area contributed by atoms with E-state index >= 15 is 0 Å². The summed E-state index contributed by atoms with van der Waals surface area (Å²) >= 11 is 3.63. The molecule has 3 aromatic carbocycles. The van der Waals surface area contributed by atoms with Gasteiger partial charge in [0.25, 0.3) is 5.91 Å². The quantitative estimate of drug-likeness (QED) is 0.206. The number of rotatable bonds is 5. The van der Waals surface area contributed by atoms with Crippen molar-refractivity contribution >= 4 is 60.4 Å². The minimum atomic E-state index is -0.271. The van der Waals surface area contributed by atoms with Gasteiger partial charge in [0.15, 0.2) is 11.2 Å². The molecule has 42 heavy (non-hydrogen) atoms. The van der Waals surface area contributed by atoms with Crippen LogP contribution in [0.15, 0.2) is 86.2 Å². The fourth-order valence-electron chi connectivity index (χ4n) is 5.38. The summed E-state index contributed by atoms with van der Waals surface area (Å²) in [6.07, 6.45) is 1.70. The molecule has 0 atom stereocenters. The van der Waals surface area contributed by atoms with Crippen molar-refractivity contribution in [3.63, 3.8) is 0 Å². The third-order valence-corrected chi connectivity index (χ3v) is 8.05. The van der Waals surface area contributed by atoms with Crippen molar-refractivity contribution in [1.82, 2.24) is 19.7 Å². The van der Waals surface area contributed by atoms with E-state index in [1.54, 1.807) is 12.3 Å². The van der Waals surface area contributed by atoms with Crippen molar-refractivity contribution in [3.05, 3.63) is 94.5 Å². The monoisotopic (exact) mass is 619 g/mol. The number of hydrogen-bond donors (Lipinski definition) is 1. The van der Waals surface area contributed by atoms with E-state index in [2.05, 4.69) is 32.4 Å². The Morgan fingerprint density at radius 3 is 2.50 bits per heavy atom. The van der Waals surface area contributed by atoms with Crippen molar-refractivity contribution in [2.75, 3.05) is 5.32 Å². The molecule has 8 nitrogen and oxygen atoms in total. The van der Waals surface area contributed by atoms with E-state index in [1.807, 2.05) is 87.0 Å². The number of carbonyl (C=O) groups is 1. The van der Waals surface area contributed by atoms with E-state index in [0.29, 0.717) is 45.0 Å². The molecule has 7 aromatic rings. The number of nitrogens with one attached hydrogen (secondary N) is 1. The average Bonchev–Trinajstić information content (AvgIpc) is 3.68. The van der Waals surface area contributed by atoms with Gasteiger partial charge in [-0.2, -0.15) is 5.10 Å². The van der Waals surface area contributed by atoms with Crippen LogP contribution in [0.25, 0.3) is 55.6 Å². The van der Waals surface area contributed by atoms with E-state index in [0.717, 1.165) is 37.9 Å². The number of fused-ring (bicyclic) bond motifs is 3. The summed E-state index contributed by atoms with van der Waals surface area (Å²) in [6, 6.07) is 21.4. The fraction of sp³-hybridized carbons (Fsp3) is 0.152. The Hall–Kier alpha value is -4.76. The molecule has 0 bridgehead atoms. The Morgan fingerprint density at radius 2 is 1.71 bits per heavy atom. The van der Waals surface area contributed by atoms with Crippen LogP contribution in [0.3, 0.4) is 0 Å². The number of aromatic nitrogens is 4. The Balaban J connectivity index is 1.27. The molecular formula is C33H26BrN5O3. The normalized spacial score (nSPS) is 11.8. The van der Waals surface area contributed by atoms with E-state index in [4.69, 9.17) is 18.8 Å². The number of halogens is 1. The highest BCUT2D eigenvalue weighted by atomic mass is 79.9. The van der Waals surface area contributed by atoms with Crippen LogP contribution in [0.4, 0.5) is 5.69 Å². The van der Waals surface area contributed by atoms with Gasteiger partial charge in [0.05, 0.1) is 22.8 Å². The van der Waals surface area contributed by atoms with Gasteiger partial charge < -0.3 is 14.2 Å². The van der Waals surface area contributed by atoms with Crippen molar-refractivity contribution in [2.45, 2.75) is 33.7 Å². The summed E-state index contributed by atoms with van der Waals surface area (Å²) in [5.74, 6) is 1.77. The lowest BCUT2D eigenvalue weighted by Gasteiger charge is -2.11. The van der Waals surface area contributed by atoms with Crippen LogP contribution in [0.2, 0.25) is 0 Å². The molecule has 1 N–H and O–H groups in total. The first-order valence-corrected chi connectivity index (χ1v) is 14.4. The second kappa shape index (κ2) is 9.95. The first-order chi connectivity index (χ1) is 20.3. The van der Waals surface area contributed by atoms with Crippen LogP contribution in [0.5, 0.6) is 0 Å². The van der Waals surface area contributed by atoms with Crippen LogP contribution >= 0.6 is 15.9 Å². The number of amides is 1. The number of carbonyl (C=O) groups excluding carboxylic acids is 1. The maximum Gasteiger partial charge on any atom is 0.256 e. The number of hydrogen-bond acceptors (Lipinski definition) is 6. The highest BCUT2D eigenvalue weighted by Crippen LogP contribution is 2.35. The van der Waals surface area contributed by atoms with Gasteiger partial charge in [0.2, 0.25) is 5.89 Å². The molecule has 9 heteroatoms. The van der Waals surface area contributed by atoms with Gasteiger partial charge in [-0.25, -0.2) is 14.6 Å². The van der Waals surface area contributed by atoms with Crippen LogP contribution in [-0.4, -0.2) is 25.7 Å². The molecule has 1 amide bonds. The summed E-state index contributed by atoms with van der Waals surface area (Å²) in [4.78, 5) is 23.4. The minimum absolute atomic E-state index is 0.0694. The zero-order chi connectivity index (χ0) is 29.1. The number of oxazole rings is 1. The lowest BCUT2D eigenvalue weighted by Crippen LogP contribution is -2.13. The third-order valence-electron chi connectivity index (χ3n) is 7.36. The lowest BCUT2D eigenvalue weighted by atomic mass is 10.0. The average molecular weight is 621 g/mol. The lowest BCUT2D eigenvalue weighted by molar-refractivity contribution is 0.102. The largest absolute Gasteiger partial charge is 0.466 e. The molecule has 0 saturated heterocycles. The van der Waals surface area contributed by atoms with Crippen molar-refractivity contribution < 1.29 is 13.6 Å².